The van der Waals surface area contributed by atoms with Crippen molar-refractivity contribution in [3.05, 3.63) is 77.0 Å². The molecule has 3 aromatic rings. The maximum Gasteiger partial charge on any atom is 0.416 e. The smallest absolute Gasteiger partial charge is 0.393 e. The third-order valence-corrected chi connectivity index (χ3v) is 7.66. The number of hydrogen-bond donors (Lipinski definition) is 3. The van der Waals surface area contributed by atoms with Gasteiger partial charge in [-0.1, -0.05) is 6.07 Å². The van der Waals surface area contributed by atoms with Gasteiger partial charge in [-0.25, -0.2) is 13.8 Å². The van der Waals surface area contributed by atoms with E-state index in [4.69, 9.17) is 0 Å². The van der Waals surface area contributed by atoms with Gasteiger partial charge in [0.2, 0.25) is 5.95 Å². The molecule has 40 heavy (non-hydrogen) atoms. The summed E-state index contributed by atoms with van der Waals surface area (Å²) in [6.07, 6.45) is 1.48. The van der Waals surface area contributed by atoms with Crippen LogP contribution in [0.5, 0.6) is 0 Å². The second-order valence-corrected chi connectivity index (χ2v) is 10.7. The number of piperidine rings is 1. The first kappa shape index (κ1) is 28.2. The van der Waals surface area contributed by atoms with Gasteiger partial charge in [-0.2, -0.15) is 18.2 Å². The van der Waals surface area contributed by atoms with Gasteiger partial charge in [0.15, 0.2) is 0 Å². The number of likely N-dealkylation sites (tertiary alicyclic amines) is 1. The first-order valence-corrected chi connectivity index (χ1v) is 13.6. The molecule has 0 unspecified atom stereocenters. The molecule has 0 spiro atoms. The van der Waals surface area contributed by atoms with Crippen LogP contribution in [0, 0.1) is 11.6 Å². The van der Waals surface area contributed by atoms with Gasteiger partial charge in [0.05, 0.1) is 11.7 Å². The highest BCUT2D eigenvalue weighted by atomic mass is 19.4. The molecule has 1 aliphatic carbocycles. The van der Waals surface area contributed by atoms with E-state index in [0.717, 1.165) is 62.5 Å². The molecule has 0 bridgehead atoms. The van der Waals surface area contributed by atoms with E-state index in [1.165, 1.54) is 24.3 Å². The number of aliphatic hydroxyl groups excluding tert-OH is 1. The Labute approximate surface area is 229 Å². The largest absolute Gasteiger partial charge is 0.416 e. The number of hydrogen-bond acceptors (Lipinski definition) is 6. The number of nitrogens with one attached hydrogen (secondary N) is 2. The van der Waals surface area contributed by atoms with Crippen molar-refractivity contribution in [1.82, 2.24) is 14.9 Å². The lowest BCUT2D eigenvalue weighted by atomic mass is 9.89. The fourth-order valence-electron chi connectivity index (χ4n) is 5.54. The summed E-state index contributed by atoms with van der Waals surface area (Å²) < 4.78 is 66.8. The number of aromatic nitrogens is 2. The molecule has 214 valence electrons. The molecule has 1 aromatic heterocycles. The van der Waals surface area contributed by atoms with Crippen LogP contribution >= 0.6 is 0 Å². The predicted molar refractivity (Wildman–Crippen MR) is 142 cm³/mol. The van der Waals surface area contributed by atoms with Crippen molar-refractivity contribution < 1.29 is 27.1 Å². The zero-order valence-corrected chi connectivity index (χ0v) is 21.9. The highest BCUT2D eigenvalue weighted by Gasteiger charge is 2.31. The lowest BCUT2D eigenvalue weighted by molar-refractivity contribution is -0.137. The molecule has 1 saturated carbocycles. The number of alkyl halides is 3. The summed E-state index contributed by atoms with van der Waals surface area (Å²) >= 11 is 0. The molecule has 5 rings (SSSR count). The summed E-state index contributed by atoms with van der Waals surface area (Å²) in [5, 5.41) is 16.3. The Morgan fingerprint density at radius 1 is 0.925 bits per heavy atom. The summed E-state index contributed by atoms with van der Waals surface area (Å²) in [4.78, 5) is 11.3. The highest BCUT2D eigenvalue weighted by molar-refractivity contribution is 5.58. The SMILES string of the molecule is OC1CCC(Nc2nc(Nc3cccc(C(F)(F)F)c3)ncc2C2CCN(Cc3cc(F)cc(F)c3)CC2)CC1. The zero-order valence-electron chi connectivity index (χ0n) is 21.9. The molecule has 2 heterocycles. The van der Waals surface area contributed by atoms with Crippen LogP contribution in [0.3, 0.4) is 0 Å². The normalized spacial score (nSPS) is 20.9. The van der Waals surface area contributed by atoms with Gasteiger partial charge in [0.1, 0.15) is 17.5 Å². The topological polar surface area (TPSA) is 73.3 Å². The Kier molecular flexibility index (Phi) is 8.51. The minimum Gasteiger partial charge on any atom is -0.393 e. The van der Waals surface area contributed by atoms with E-state index in [0.29, 0.717) is 30.8 Å². The average molecular weight is 562 g/mol. The minimum absolute atomic E-state index is 0.112. The number of nitrogens with zero attached hydrogens (tertiary/aromatic N) is 3. The Bertz CT molecular complexity index is 1280. The quantitative estimate of drug-likeness (QED) is 0.282. The lowest BCUT2D eigenvalue weighted by Crippen LogP contribution is -2.33. The predicted octanol–water partition coefficient (Wildman–Crippen LogP) is 6.61. The zero-order chi connectivity index (χ0) is 28.3. The van der Waals surface area contributed by atoms with Crippen molar-refractivity contribution in [3.63, 3.8) is 0 Å². The van der Waals surface area contributed by atoms with Crippen molar-refractivity contribution in [2.24, 2.45) is 0 Å². The number of rotatable bonds is 7. The molecule has 2 aliphatic rings. The number of halogens is 5. The van der Waals surface area contributed by atoms with E-state index in [1.807, 2.05) is 0 Å². The van der Waals surface area contributed by atoms with E-state index in [2.05, 4.69) is 25.5 Å². The Balaban J connectivity index is 1.32. The molecule has 2 aromatic carbocycles. The number of benzene rings is 2. The van der Waals surface area contributed by atoms with Crippen LogP contribution in [0.1, 0.15) is 61.1 Å². The van der Waals surface area contributed by atoms with Crippen LogP contribution in [0.2, 0.25) is 0 Å². The summed E-state index contributed by atoms with van der Waals surface area (Å²) in [6.45, 7) is 1.90. The van der Waals surface area contributed by atoms with Crippen LogP contribution in [0.4, 0.5) is 39.4 Å². The van der Waals surface area contributed by atoms with Crippen LogP contribution in [-0.2, 0) is 12.7 Å². The molecule has 0 amide bonds. The number of aliphatic hydroxyl groups is 1. The first-order valence-electron chi connectivity index (χ1n) is 13.6. The maximum atomic E-state index is 13.6. The molecule has 11 heteroatoms. The third-order valence-electron chi connectivity index (χ3n) is 7.66. The molecule has 0 atom stereocenters. The van der Waals surface area contributed by atoms with Crippen molar-refractivity contribution in [2.75, 3.05) is 23.7 Å². The molecule has 1 aliphatic heterocycles. The van der Waals surface area contributed by atoms with E-state index < -0.39 is 23.4 Å². The second-order valence-electron chi connectivity index (χ2n) is 10.7. The van der Waals surface area contributed by atoms with Crippen LogP contribution < -0.4 is 10.6 Å². The van der Waals surface area contributed by atoms with Gasteiger partial charge in [-0.15, -0.1) is 0 Å². The van der Waals surface area contributed by atoms with Crippen molar-refractivity contribution in [2.45, 2.75) is 69.3 Å². The molecule has 1 saturated heterocycles. The fraction of sp³-hybridized carbons (Fsp3) is 0.448. The summed E-state index contributed by atoms with van der Waals surface area (Å²) in [6, 6.07) is 8.57. The van der Waals surface area contributed by atoms with Gasteiger partial charge >= 0.3 is 6.18 Å². The van der Waals surface area contributed by atoms with E-state index in [9.17, 15) is 27.1 Å². The molecule has 0 radical (unpaired) electrons. The number of anilines is 3. The van der Waals surface area contributed by atoms with Gasteiger partial charge in [0.25, 0.3) is 0 Å². The maximum absolute atomic E-state index is 13.6. The summed E-state index contributed by atoms with van der Waals surface area (Å²) in [5.74, 6) is -0.220. The average Bonchev–Trinajstić information content (AvgIpc) is 2.90. The van der Waals surface area contributed by atoms with E-state index in [1.54, 1.807) is 6.20 Å². The van der Waals surface area contributed by atoms with Gasteiger partial charge in [0, 0.05) is 36.1 Å². The monoisotopic (exact) mass is 561 g/mol. The molecular formula is C29H32F5N5O. The standard InChI is InChI=1S/C29H32F5N5O/c30-21-12-18(13-22(31)15-21)17-39-10-8-19(9-11-39)26-16-35-28(37-24-3-1-2-20(14-24)29(32,33)34)38-27(26)36-23-4-6-25(40)7-5-23/h1-3,12-16,19,23,25,40H,4-11,17H2,(H2,35,36,37,38). The summed E-state index contributed by atoms with van der Waals surface area (Å²) in [5.41, 5.74) is 0.987. The Morgan fingerprint density at radius 2 is 1.62 bits per heavy atom. The molecule has 6 nitrogen and oxygen atoms in total. The first-order chi connectivity index (χ1) is 19.1. The Morgan fingerprint density at radius 3 is 2.30 bits per heavy atom. The Hall–Kier alpha value is -3.31. The van der Waals surface area contributed by atoms with Gasteiger partial charge < -0.3 is 15.7 Å². The van der Waals surface area contributed by atoms with E-state index >= 15 is 0 Å². The van der Waals surface area contributed by atoms with Crippen molar-refractivity contribution >= 4 is 17.5 Å². The molecule has 3 N–H and O–H groups in total. The van der Waals surface area contributed by atoms with Crippen LogP contribution in [0.25, 0.3) is 0 Å². The van der Waals surface area contributed by atoms with Gasteiger partial charge in [-0.05, 0) is 93.4 Å². The van der Waals surface area contributed by atoms with E-state index in [-0.39, 0.29) is 29.7 Å². The fourth-order valence-corrected chi connectivity index (χ4v) is 5.54. The second kappa shape index (κ2) is 12.1. The summed E-state index contributed by atoms with van der Waals surface area (Å²) in [7, 11) is 0. The van der Waals surface area contributed by atoms with Crippen molar-refractivity contribution in [3.8, 4) is 0 Å². The molecule has 2 fully saturated rings. The highest BCUT2D eigenvalue weighted by Crippen LogP contribution is 2.35. The molecular weight excluding hydrogens is 529 g/mol. The third kappa shape index (κ3) is 7.25. The van der Waals surface area contributed by atoms with Gasteiger partial charge in [-0.3, -0.25) is 4.90 Å². The minimum atomic E-state index is -4.46. The van der Waals surface area contributed by atoms with Crippen LogP contribution in [-0.4, -0.2) is 45.2 Å². The van der Waals surface area contributed by atoms with Crippen molar-refractivity contribution in [1.29, 1.82) is 0 Å². The van der Waals surface area contributed by atoms with Crippen LogP contribution in [0.15, 0.2) is 48.7 Å². The lowest BCUT2D eigenvalue weighted by Gasteiger charge is -2.33.